The Labute approximate surface area is 118 Å². The molecule has 0 fully saturated rings. The minimum Gasteiger partial charge on any atom is -0.395 e. The number of benzene rings is 1. The molecule has 0 aliphatic carbocycles. The van der Waals surface area contributed by atoms with E-state index in [1.807, 2.05) is 16.9 Å². The lowest BCUT2D eigenvalue weighted by molar-refractivity contribution is 0.240. The van der Waals surface area contributed by atoms with E-state index in [0.717, 1.165) is 25.1 Å². The number of aryl methyl sites for hydroxylation is 1. The number of aliphatic hydroxyl groups is 1. The first kappa shape index (κ1) is 14.7. The van der Waals surface area contributed by atoms with E-state index in [0.29, 0.717) is 6.42 Å². The Hall–Kier alpha value is -1.72. The van der Waals surface area contributed by atoms with E-state index in [1.165, 1.54) is 12.1 Å². The summed E-state index contributed by atoms with van der Waals surface area (Å²) in [6.45, 7) is 1.74. The molecular formula is C15H20FN3O. The van der Waals surface area contributed by atoms with Crippen LogP contribution in [-0.4, -0.2) is 34.1 Å². The maximum absolute atomic E-state index is 12.8. The largest absolute Gasteiger partial charge is 0.395 e. The van der Waals surface area contributed by atoms with E-state index in [9.17, 15) is 9.50 Å². The van der Waals surface area contributed by atoms with Crippen LogP contribution in [0.2, 0.25) is 0 Å². The summed E-state index contributed by atoms with van der Waals surface area (Å²) in [5, 5.41) is 16.8. The zero-order valence-electron chi connectivity index (χ0n) is 11.4. The van der Waals surface area contributed by atoms with Gasteiger partial charge in [0, 0.05) is 25.0 Å². The van der Waals surface area contributed by atoms with Crippen molar-refractivity contribution in [3.8, 4) is 0 Å². The van der Waals surface area contributed by atoms with Crippen LogP contribution in [0.25, 0.3) is 0 Å². The molecule has 0 bridgehead atoms. The molecule has 0 spiro atoms. The monoisotopic (exact) mass is 277 g/mol. The minimum absolute atomic E-state index is 0.00178. The summed E-state index contributed by atoms with van der Waals surface area (Å²) in [5.74, 6) is -0.235. The van der Waals surface area contributed by atoms with Crippen LogP contribution >= 0.6 is 0 Å². The molecular weight excluding hydrogens is 257 g/mol. The maximum Gasteiger partial charge on any atom is 0.123 e. The van der Waals surface area contributed by atoms with E-state index in [1.54, 1.807) is 18.3 Å². The second kappa shape index (κ2) is 7.77. The van der Waals surface area contributed by atoms with Gasteiger partial charge in [-0.2, -0.15) is 5.10 Å². The molecule has 0 aliphatic rings. The Kier molecular flexibility index (Phi) is 5.70. The first-order chi connectivity index (χ1) is 9.78. The van der Waals surface area contributed by atoms with Crippen LogP contribution in [0.4, 0.5) is 4.39 Å². The first-order valence-corrected chi connectivity index (χ1v) is 6.84. The second-order valence-electron chi connectivity index (χ2n) is 4.79. The molecule has 1 aromatic heterocycles. The molecule has 1 unspecified atom stereocenters. The van der Waals surface area contributed by atoms with E-state index in [4.69, 9.17) is 0 Å². The Morgan fingerprint density at radius 2 is 2.10 bits per heavy atom. The summed E-state index contributed by atoms with van der Waals surface area (Å²) in [7, 11) is 0. The molecule has 0 aliphatic heterocycles. The van der Waals surface area contributed by atoms with Crippen molar-refractivity contribution in [3.63, 3.8) is 0 Å². The lowest BCUT2D eigenvalue weighted by Gasteiger charge is -2.16. The van der Waals surface area contributed by atoms with Crippen molar-refractivity contribution in [1.29, 1.82) is 0 Å². The van der Waals surface area contributed by atoms with E-state index >= 15 is 0 Å². The highest BCUT2D eigenvalue weighted by Crippen LogP contribution is 2.05. The van der Waals surface area contributed by atoms with Gasteiger partial charge in [0.2, 0.25) is 0 Å². The molecule has 0 saturated carbocycles. The van der Waals surface area contributed by atoms with Gasteiger partial charge in [-0.3, -0.25) is 4.68 Å². The fourth-order valence-electron chi connectivity index (χ4n) is 2.09. The maximum atomic E-state index is 12.8. The molecule has 0 saturated heterocycles. The molecule has 2 rings (SSSR count). The summed E-state index contributed by atoms with van der Waals surface area (Å²) in [5.41, 5.74) is 1.02. The van der Waals surface area contributed by atoms with Crippen molar-refractivity contribution >= 4 is 0 Å². The summed E-state index contributed by atoms with van der Waals surface area (Å²) in [6.07, 6.45) is 5.33. The lowest BCUT2D eigenvalue weighted by atomic mass is 10.1. The van der Waals surface area contributed by atoms with Crippen LogP contribution in [0.3, 0.4) is 0 Å². The van der Waals surface area contributed by atoms with Crippen molar-refractivity contribution in [2.45, 2.75) is 25.4 Å². The predicted octanol–water partition coefficient (Wildman–Crippen LogP) is 1.61. The molecule has 1 atom stereocenters. The third-order valence-electron chi connectivity index (χ3n) is 3.17. The zero-order chi connectivity index (χ0) is 14.2. The summed E-state index contributed by atoms with van der Waals surface area (Å²) in [4.78, 5) is 0. The molecule has 0 radical (unpaired) electrons. The zero-order valence-corrected chi connectivity index (χ0v) is 11.4. The van der Waals surface area contributed by atoms with Gasteiger partial charge in [-0.05, 0) is 43.1 Å². The molecule has 108 valence electrons. The molecule has 1 heterocycles. The van der Waals surface area contributed by atoms with Crippen LogP contribution in [-0.2, 0) is 13.0 Å². The van der Waals surface area contributed by atoms with Crippen molar-refractivity contribution in [2.75, 3.05) is 13.2 Å². The molecule has 2 aromatic rings. The number of nitrogens with one attached hydrogen (secondary N) is 1. The second-order valence-corrected chi connectivity index (χ2v) is 4.79. The van der Waals surface area contributed by atoms with E-state index in [2.05, 4.69) is 10.4 Å². The molecule has 1 aromatic carbocycles. The highest BCUT2D eigenvalue weighted by atomic mass is 19.1. The van der Waals surface area contributed by atoms with Crippen molar-refractivity contribution in [1.82, 2.24) is 15.1 Å². The van der Waals surface area contributed by atoms with E-state index < -0.39 is 0 Å². The third kappa shape index (κ3) is 4.75. The number of halogens is 1. The Bertz CT molecular complexity index is 484. The first-order valence-electron chi connectivity index (χ1n) is 6.84. The van der Waals surface area contributed by atoms with Gasteiger partial charge in [-0.25, -0.2) is 4.39 Å². The number of rotatable bonds is 8. The van der Waals surface area contributed by atoms with Gasteiger partial charge in [0.05, 0.1) is 6.61 Å². The smallest absolute Gasteiger partial charge is 0.123 e. The third-order valence-corrected chi connectivity index (χ3v) is 3.17. The normalized spacial score (nSPS) is 12.5. The fourth-order valence-corrected chi connectivity index (χ4v) is 2.09. The van der Waals surface area contributed by atoms with Crippen LogP contribution in [0.1, 0.15) is 12.0 Å². The standard InChI is InChI=1S/C15H20FN3O/c16-14-5-3-13(4-6-14)11-15(12-20)17-7-1-9-19-10-2-8-18-19/h2-6,8,10,15,17,20H,1,7,9,11-12H2. The number of hydrogen-bond donors (Lipinski definition) is 2. The van der Waals surface area contributed by atoms with E-state index in [-0.39, 0.29) is 18.5 Å². The van der Waals surface area contributed by atoms with Crippen LogP contribution < -0.4 is 5.32 Å². The number of hydrogen-bond acceptors (Lipinski definition) is 3. The molecule has 0 amide bonds. The Morgan fingerprint density at radius 1 is 1.30 bits per heavy atom. The Balaban J connectivity index is 1.70. The van der Waals surface area contributed by atoms with Crippen LogP contribution in [0, 0.1) is 5.82 Å². The Morgan fingerprint density at radius 3 is 2.75 bits per heavy atom. The molecule has 2 N–H and O–H groups in total. The van der Waals surface area contributed by atoms with Gasteiger partial charge in [-0.1, -0.05) is 12.1 Å². The quantitative estimate of drug-likeness (QED) is 0.721. The lowest BCUT2D eigenvalue weighted by Crippen LogP contribution is -2.35. The van der Waals surface area contributed by atoms with Crippen molar-refractivity contribution in [2.24, 2.45) is 0 Å². The van der Waals surface area contributed by atoms with Crippen LogP contribution in [0.5, 0.6) is 0 Å². The predicted molar refractivity (Wildman–Crippen MR) is 75.8 cm³/mol. The number of aromatic nitrogens is 2. The summed E-state index contributed by atoms with van der Waals surface area (Å²) >= 11 is 0. The van der Waals surface area contributed by atoms with Gasteiger partial charge in [0.15, 0.2) is 0 Å². The van der Waals surface area contributed by atoms with Crippen LogP contribution in [0.15, 0.2) is 42.7 Å². The highest BCUT2D eigenvalue weighted by molar-refractivity contribution is 5.17. The number of nitrogens with zero attached hydrogens (tertiary/aromatic N) is 2. The summed E-state index contributed by atoms with van der Waals surface area (Å²) in [6, 6.07) is 8.30. The topological polar surface area (TPSA) is 50.1 Å². The van der Waals surface area contributed by atoms with Gasteiger partial charge in [-0.15, -0.1) is 0 Å². The molecule has 5 heteroatoms. The average Bonchev–Trinajstić information content (AvgIpc) is 2.97. The molecule has 4 nitrogen and oxygen atoms in total. The van der Waals surface area contributed by atoms with Gasteiger partial charge in [0.25, 0.3) is 0 Å². The van der Waals surface area contributed by atoms with Crippen molar-refractivity contribution in [3.05, 3.63) is 54.1 Å². The van der Waals surface area contributed by atoms with Gasteiger partial charge in [0.1, 0.15) is 5.82 Å². The van der Waals surface area contributed by atoms with Crippen molar-refractivity contribution < 1.29 is 9.50 Å². The van der Waals surface area contributed by atoms with Gasteiger partial charge >= 0.3 is 0 Å². The fraction of sp³-hybridized carbons (Fsp3) is 0.400. The number of aliphatic hydroxyl groups excluding tert-OH is 1. The van der Waals surface area contributed by atoms with Gasteiger partial charge < -0.3 is 10.4 Å². The highest BCUT2D eigenvalue weighted by Gasteiger charge is 2.07. The molecule has 20 heavy (non-hydrogen) atoms. The SMILES string of the molecule is OCC(Cc1ccc(F)cc1)NCCCn1cccn1. The minimum atomic E-state index is -0.235. The average molecular weight is 277 g/mol. The summed E-state index contributed by atoms with van der Waals surface area (Å²) < 4.78 is 14.7.